The quantitative estimate of drug-likeness (QED) is 0.833. The number of carbonyl (C=O) groups is 2. The molecule has 6 heteroatoms. The fourth-order valence-corrected chi connectivity index (χ4v) is 4.39. The number of hydrogen-bond acceptors (Lipinski definition) is 4. The lowest BCUT2D eigenvalue weighted by Gasteiger charge is -2.26. The van der Waals surface area contributed by atoms with Crippen LogP contribution in [-0.4, -0.2) is 41.3 Å². The maximum Gasteiger partial charge on any atom is 0.257 e. The number of hydrogen-bond donors (Lipinski definition) is 0. The van der Waals surface area contributed by atoms with Gasteiger partial charge < -0.3 is 14.2 Å². The number of carbonyl (C=O) groups excluding carboxylic acids is 2. The summed E-state index contributed by atoms with van der Waals surface area (Å²) in [4.78, 5) is 34.0. The van der Waals surface area contributed by atoms with Gasteiger partial charge in [0.15, 0.2) is 0 Å². The van der Waals surface area contributed by atoms with Crippen molar-refractivity contribution in [3.05, 3.63) is 47.7 Å². The zero-order valence-corrected chi connectivity index (χ0v) is 15.4. The van der Waals surface area contributed by atoms with Crippen molar-refractivity contribution in [2.24, 2.45) is 11.3 Å². The summed E-state index contributed by atoms with van der Waals surface area (Å²) < 4.78 is 5.51. The van der Waals surface area contributed by atoms with E-state index >= 15 is 0 Å². The Morgan fingerprint density at radius 2 is 2.19 bits per heavy atom. The summed E-state index contributed by atoms with van der Waals surface area (Å²) in [5, 5.41) is 0. The lowest BCUT2D eigenvalue weighted by Crippen LogP contribution is -2.40. The number of furan rings is 1. The van der Waals surface area contributed by atoms with E-state index < -0.39 is 5.41 Å². The van der Waals surface area contributed by atoms with Gasteiger partial charge in [-0.3, -0.25) is 14.6 Å². The Labute approximate surface area is 152 Å². The topological polar surface area (TPSA) is 66.7 Å². The van der Waals surface area contributed by atoms with Gasteiger partial charge in [-0.25, -0.2) is 0 Å². The summed E-state index contributed by atoms with van der Waals surface area (Å²) in [6, 6.07) is 5.53. The van der Waals surface area contributed by atoms with Crippen LogP contribution in [0.5, 0.6) is 0 Å². The molecule has 0 radical (unpaired) electrons. The normalized spacial score (nSPS) is 25.5. The first-order valence-electron chi connectivity index (χ1n) is 9.01. The number of amides is 2. The number of pyridine rings is 1. The second-order valence-electron chi connectivity index (χ2n) is 7.49. The predicted molar refractivity (Wildman–Crippen MR) is 96.9 cm³/mol. The van der Waals surface area contributed by atoms with Crippen molar-refractivity contribution in [3.8, 4) is 0 Å². The molecule has 4 heterocycles. The van der Waals surface area contributed by atoms with Crippen LogP contribution in [0.15, 0.2) is 35.0 Å². The zero-order chi connectivity index (χ0) is 18.5. The van der Waals surface area contributed by atoms with E-state index in [1.807, 2.05) is 28.9 Å². The van der Waals surface area contributed by atoms with Gasteiger partial charge in [0.05, 0.1) is 22.9 Å². The van der Waals surface area contributed by atoms with E-state index in [2.05, 4.69) is 11.9 Å². The van der Waals surface area contributed by atoms with Crippen molar-refractivity contribution >= 4 is 17.5 Å². The third-order valence-electron chi connectivity index (χ3n) is 5.88. The van der Waals surface area contributed by atoms with Crippen molar-refractivity contribution in [1.29, 1.82) is 0 Å². The molecule has 2 aromatic heterocycles. The van der Waals surface area contributed by atoms with Gasteiger partial charge in [0, 0.05) is 25.8 Å². The van der Waals surface area contributed by atoms with Crippen LogP contribution in [-0.2, 0) is 4.79 Å². The van der Waals surface area contributed by atoms with Crippen molar-refractivity contribution in [2.45, 2.75) is 27.2 Å². The summed E-state index contributed by atoms with van der Waals surface area (Å²) in [7, 11) is 0. The Bertz CT molecular complexity index is 860. The molecule has 2 aliphatic heterocycles. The molecule has 2 saturated heterocycles. The van der Waals surface area contributed by atoms with Gasteiger partial charge in [-0.1, -0.05) is 6.92 Å². The van der Waals surface area contributed by atoms with Gasteiger partial charge >= 0.3 is 0 Å². The lowest BCUT2D eigenvalue weighted by molar-refractivity contribution is -0.126. The van der Waals surface area contributed by atoms with Crippen LogP contribution in [0.25, 0.3) is 0 Å². The second-order valence-corrected chi connectivity index (χ2v) is 7.49. The average molecular weight is 353 g/mol. The molecule has 136 valence electrons. The van der Waals surface area contributed by atoms with E-state index in [0.29, 0.717) is 31.0 Å². The number of aryl methyl sites for hydroxylation is 2. The molecule has 0 N–H and O–H groups in total. The minimum Gasteiger partial charge on any atom is -0.466 e. The van der Waals surface area contributed by atoms with Crippen LogP contribution < -0.4 is 4.90 Å². The zero-order valence-electron chi connectivity index (χ0n) is 15.4. The SMILES string of the molecule is Cc1cc(C(=O)N2C[C@@H](C)[C@@]3(CCN(c4cccnc4)C3=O)C2)c(C)o1. The molecule has 26 heavy (non-hydrogen) atoms. The first kappa shape index (κ1) is 16.8. The first-order valence-corrected chi connectivity index (χ1v) is 9.01. The maximum atomic E-state index is 13.3. The Kier molecular flexibility index (Phi) is 3.86. The number of nitrogens with zero attached hydrogens (tertiary/aromatic N) is 3. The third-order valence-corrected chi connectivity index (χ3v) is 5.88. The molecule has 2 fully saturated rings. The molecule has 0 unspecified atom stereocenters. The lowest BCUT2D eigenvalue weighted by atomic mass is 9.78. The van der Waals surface area contributed by atoms with Gasteiger partial charge in [0.1, 0.15) is 11.5 Å². The molecule has 2 aliphatic rings. The molecule has 0 aliphatic carbocycles. The standard InChI is InChI=1S/C20H23N3O3/c1-13-11-22(18(24)17-9-14(2)26-15(17)3)12-20(13)6-8-23(19(20)25)16-5-4-7-21-10-16/h4-5,7,9-10,13H,6,8,11-12H2,1-3H3/t13-,20-/m1/s1. The molecule has 1 spiro atoms. The average Bonchev–Trinajstić information content (AvgIpc) is 3.26. The number of rotatable bonds is 2. The summed E-state index contributed by atoms with van der Waals surface area (Å²) in [5.74, 6) is 1.54. The summed E-state index contributed by atoms with van der Waals surface area (Å²) in [5.41, 5.74) is 0.923. The van der Waals surface area contributed by atoms with Crippen LogP contribution in [0.1, 0.15) is 35.2 Å². The molecule has 2 aromatic rings. The molecule has 0 bridgehead atoms. The highest BCUT2D eigenvalue weighted by molar-refractivity contribution is 6.02. The van der Waals surface area contributed by atoms with Crippen LogP contribution in [0.2, 0.25) is 0 Å². The third kappa shape index (κ3) is 2.43. The number of anilines is 1. The van der Waals surface area contributed by atoms with E-state index in [-0.39, 0.29) is 17.7 Å². The predicted octanol–water partition coefficient (Wildman–Crippen LogP) is 2.81. The van der Waals surface area contributed by atoms with Gasteiger partial charge in [-0.15, -0.1) is 0 Å². The van der Waals surface area contributed by atoms with E-state index in [4.69, 9.17) is 4.42 Å². The van der Waals surface area contributed by atoms with E-state index in [0.717, 1.165) is 17.9 Å². The summed E-state index contributed by atoms with van der Waals surface area (Å²) in [6.07, 6.45) is 4.18. The Morgan fingerprint density at radius 3 is 2.85 bits per heavy atom. The monoisotopic (exact) mass is 353 g/mol. The highest BCUT2D eigenvalue weighted by atomic mass is 16.3. The van der Waals surface area contributed by atoms with Crippen molar-refractivity contribution in [1.82, 2.24) is 9.88 Å². The highest BCUT2D eigenvalue weighted by Crippen LogP contribution is 2.46. The van der Waals surface area contributed by atoms with Gasteiger partial charge in [-0.2, -0.15) is 0 Å². The van der Waals surface area contributed by atoms with Crippen LogP contribution in [0, 0.1) is 25.2 Å². The van der Waals surface area contributed by atoms with Crippen molar-refractivity contribution in [2.75, 3.05) is 24.5 Å². The van der Waals surface area contributed by atoms with Gasteiger partial charge in [0.25, 0.3) is 5.91 Å². The number of likely N-dealkylation sites (tertiary alicyclic amines) is 1. The molecular weight excluding hydrogens is 330 g/mol. The van der Waals surface area contributed by atoms with Crippen LogP contribution in [0.3, 0.4) is 0 Å². The minimum atomic E-state index is -0.502. The van der Waals surface area contributed by atoms with Crippen LogP contribution in [0.4, 0.5) is 5.69 Å². The van der Waals surface area contributed by atoms with E-state index in [1.54, 1.807) is 25.4 Å². The Balaban J connectivity index is 1.58. The van der Waals surface area contributed by atoms with E-state index in [9.17, 15) is 9.59 Å². The fourth-order valence-electron chi connectivity index (χ4n) is 4.39. The summed E-state index contributed by atoms with van der Waals surface area (Å²) in [6.45, 7) is 7.44. The summed E-state index contributed by atoms with van der Waals surface area (Å²) >= 11 is 0. The van der Waals surface area contributed by atoms with Gasteiger partial charge in [0.2, 0.25) is 5.91 Å². The molecule has 2 amide bonds. The van der Waals surface area contributed by atoms with Crippen molar-refractivity contribution < 1.29 is 14.0 Å². The fraction of sp³-hybridized carbons (Fsp3) is 0.450. The first-order chi connectivity index (χ1) is 12.4. The Morgan fingerprint density at radius 1 is 1.38 bits per heavy atom. The molecule has 4 rings (SSSR count). The minimum absolute atomic E-state index is 0.0456. The molecule has 0 aromatic carbocycles. The Hall–Kier alpha value is -2.63. The smallest absolute Gasteiger partial charge is 0.257 e. The van der Waals surface area contributed by atoms with Gasteiger partial charge in [-0.05, 0) is 44.4 Å². The number of aromatic nitrogens is 1. The highest BCUT2D eigenvalue weighted by Gasteiger charge is 2.56. The maximum absolute atomic E-state index is 13.3. The largest absolute Gasteiger partial charge is 0.466 e. The molecule has 2 atom stereocenters. The van der Waals surface area contributed by atoms with Crippen molar-refractivity contribution in [3.63, 3.8) is 0 Å². The van der Waals surface area contributed by atoms with Crippen LogP contribution >= 0.6 is 0 Å². The molecule has 0 saturated carbocycles. The molecular formula is C20H23N3O3. The van der Waals surface area contributed by atoms with E-state index in [1.165, 1.54) is 0 Å². The second kappa shape index (κ2) is 5.97. The molecule has 6 nitrogen and oxygen atoms in total.